The summed E-state index contributed by atoms with van der Waals surface area (Å²) in [6.07, 6.45) is 6.05. The molecule has 1 N–H and O–H groups in total. The molecule has 0 aromatic heterocycles. The molecule has 1 aliphatic heterocycles. The molecule has 1 saturated carbocycles. The number of benzene rings is 1. The van der Waals surface area contributed by atoms with Crippen molar-refractivity contribution in [1.82, 2.24) is 10.2 Å². The van der Waals surface area contributed by atoms with Gasteiger partial charge < -0.3 is 19.7 Å². The summed E-state index contributed by atoms with van der Waals surface area (Å²) in [6.45, 7) is 0.971. The molecule has 2 fully saturated rings. The number of esters is 1. The molecule has 7 heteroatoms. The second-order valence-electron chi connectivity index (χ2n) is 7.50. The van der Waals surface area contributed by atoms with Gasteiger partial charge in [-0.15, -0.1) is 0 Å². The summed E-state index contributed by atoms with van der Waals surface area (Å²) in [5.41, 5.74) is 0.417. The number of carbonyl (C=O) groups excluding carboxylic acids is 3. The van der Waals surface area contributed by atoms with Crippen LogP contribution < -0.4 is 10.1 Å². The Bertz CT molecular complexity index is 703. The smallest absolute Gasteiger partial charge is 0.325 e. The van der Waals surface area contributed by atoms with Crippen LogP contribution in [0.1, 0.15) is 42.5 Å². The van der Waals surface area contributed by atoms with E-state index in [-0.39, 0.29) is 25.0 Å². The van der Waals surface area contributed by atoms with E-state index in [9.17, 15) is 14.4 Å². The number of likely N-dealkylation sites (tertiary alicyclic amines) is 1. The van der Waals surface area contributed by atoms with Crippen LogP contribution in [0, 0.1) is 11.8 Å². The predicted molar refractivity (Wildman–Crippen MR) is 103 cm³/mol. The van der Waals surface area contributed by atoms with E-state index >= 15 is 0 Å². The molecule has 28 heavy (non-hydrogen) atoms. The zero-order chi connectivity index (χ0) is 19.9. The topological polar surface area (TPSA) is 84.9 Å². The van der Waals surface area contributed by atoms with Crippen LogP contribution in [0.5, 0.6) is 5.75 Å². The first-order valence-electron chi connectivity index (χ1n) is 9.92. The van der Waals surface area contributed by atoms with Crippen LogP contribution in [0.4, 0.5) is 0 Å². The number of piperidine rings is 1. The van der Waals surface area contributed by atoms with Gasteiger partial charge in [-0.3, -0.25) is 14.4 Å². The van der Waals surface area contributed by atoms with E-state index < -0.39 is 5.97 Å². The number of ether oxygens (including phenoxy) is 2. The standard InChI is InChI=1S/C21H28N2O5/c1-27-18-8-6-16(7-9-18)21(26)22-12-20(25)28-14-19(24)23-11-10-15-4-2-3-5-17(15)13-23/h6-9,15,17H,2-5,10-14H2,1H3,(H,22,26)/t15-,17-/m0/s1. The Morgan fingerprint density at radius 2 is 1.79 bits per heavy atom. The summed E-state index contributed by atoms with van der Waals surface area (Å²) in [4.78, 5) is 38.1. The molecular weight excluding hydrogens is 360 g/mol. The minimum absolute atomic E-state index is 0.154. The summed E-state index contributed by atoms with van der Waals surface area (Å²) < 4.78 is 10.1. The zero-order valence-electron chi connectivity index (χ0n) is 16.3. The summed E-state index contributed by atoms with van der Waals surface area (Å²) in [5.74, 6) is 0.818. The SMILES string of the molecule is COc1ccc(C(=O)NCC(=O)OCC(=O)N2CC[C@@H]3CCCC[C@H]3C2)cc1. The molecular formula is C21H28N2O5. The normalized spacial score (nSPS) is 21.4. The number of amides is 2. The summed E-state index contributed by atoms with van der Waals surface area (Å²) >= 11 is 0. The number of nitrogens with one attached hydrogen (secondary N) is 1. The van der Waals surface area contributed by atoms with Gasteiger partial charge in [0.2, 0.25) is 0 Å². The number of rotatable bonds is 6. The van der Waals surface area contributed by atoms with Crippen molar-refractivity contribution in [2.24, 2.45) is 11.8 Å². The number of hydrogen-bond acceptors (Lipinski definition) is 5. The zero-order valence-corrected chi connectivity index (χ0v) is 16.3. The van der Waals surface area contributed by atoms with Crippen molar-refractivity contribution < 1.29 is 23.9 Å². The van der Waals surface area contributed by atoms with Crippen molar-refractivity contribution in [2.45, 2.75) is 32.1 Å². The summed E-state index contributed by atoms with van der Waals surface area (Å²) in [6, 6.07) is 6.55. The second-order valence-corrected chi connectivity index (χ2v) is 7.50. The Morgan fingerprint density at radius 3 is 2.50 bits per heavy atom. The largest absolute Gasteiger partial charge is 0.497 e. The third kappa shape index (κ3) is 5.24. The molecule has 2 atom stereocenters. The Balaban J connectivity index is 1.37. The molecule has 2 amide bonds. The van der Waals surface area contributed by atoms with Crippen molar-refractivity contribution >= 4 is 17.8 Å². The van der Waals surface area contributed by atoms with Crippen LogP contribution in [0.25, 0.3) is 0 Å². The maximum Gasteiger partial charge on any atom is 0.325 e. The monoisotopic (exact) mass is 388 g/mol. The lowest BCUT2D eigenvalue weighted by Crippen LogP contribution is -2.46. The van der Waals surface area contributed by atoms with Gasteiger partial charge in [-0.1, -0.05) is 19.3 Å². The number of fused-ring (bicyclic) bond motifs is 1. The van der Waals surface area contributed by atoms with Gasteiger partial charge in [-0.25, -0.2) is 0 Å². The maximum absolute atomic E-state index is 12.3. The first-order valence-corrected chi connectivity index (χ1v) is 9.92. The highest BCUT2D eigenvalue weighted by molar-refractivity contribution is 5.96. The molecule has 7 nitrogen and oxygen atoms in total. The first-order chi connectivity index (χ1) is 13.6. The van der Waals surface area contributed by atoms with Gasteiger partial charge in [-0.05, 0) is 48.9 Å². The van der Waals surface area contributed by atoms with Crippen molar-refractivity contribution in [3.63, 3.8) is 0 Å². The third-order valence-corrected chi connectivity index (χ3v) is 5.75. The predicted octanol–water partition coefficient (Wildman–Crippen LogP) is 2.01. The van der Waals surface area contributed by atoms with E-state index in [2.05, 4.69) is 5.32 Å². The number of nitrogens with zero attached hydrogens (tertiary/aromatic N) is 1. The molecule has 1 heterocycles. The van der Waals surface area contributed by atoms with Crippen LogP contribution >= 0.6 is 0 Å². The van der Waals surface area contributed by atoms with Crippen molar-refractivity contribution in [3.8, 4) is 5.75 Å². The lowest BCUT2D eigenvalue weighted by molar-refractivity contribution is -0.152. The van der Waals surface area contributed by atoms with Crippen molar-refractivity contribution in [1.29, 1.82) is 0 Å². The third-order valence-electron chi connectivity index (χ3n) is 5.75. The molecule has 3 rings (SSSR count). The van der Waals surface area contributed by atoms with Crippen molar-refractivity contribution in [3.05, 3.63) is 29.8 Å². The second kappa shape index (κ2) is 9.57. The van der Waals surface area contributed by atoms with E-state index in [0.717, 1.165) is 25.4 Å². The van der Waals surface area contributed by atoms with E-state index in [0.29, 0.717) is 17.2 Å². The van der Waals surface area contributed by atoms with Crippen LogP contribution in [0.2, 0.25) is 0 Å². The summed E-state index contributed by atoms with van der Waals surface area (Å²) in [5, 5.41) is 2.50. The van der Waals surface area contributed by atoms with Gasteiger partial charge in [-0.2, -0.15) is 0 Å². The Morgan fingerprint density at radius 1 is 1.07 bits per heavy atom. The van der Waals surface area contributed by atoms with Gasteiger partial charge in [0.05, 0.1) is 7.11 Å². The van der Waals surface area contributed by atoms with Gasteiger partial charge in [0.1, 0.15) is 12.3 Å². The van der Waals surface area contributed by atoms with Crippen molar-refractivity contribution in [2.75, 3.05) is 33.4 Å². The van der Waals surface area contributed by atoms with Gasteiger partial charge in [0.25, 0.3) is 11.8 Å². The molecule has 1 aliphatic carbocycles. The average Bonchev–Trinajstić information content (AvgIpc) is 2.75. The Hall–Kier alpha value is -2.57. The fourth-order valence-corrected chi connectivity index (χ4v) is 4.11. The number of hydrogen-bond donors (Lipinski definition) is 1. The van der Waals surface area contributed by atoms with Crippen LogP contribution in [0.15, 0.2) is 24.3 Å². The fourth-order valence-electron chi connectivity index (χ4n) is 4.11. The highest BCUT2D eigenvalue weighted by atomic mass is 16.5. The summed E-state index contributed by atoms with van der Waals surface area (Å²) in [7, 11) is 1.55. The quantitative estimate of drug-likeness (QED) is 0.754. The highest BCUT2D eigenvalue weighted by Crippen LogP contribution is 2.35. The minimum Gasteiger partial charge on any atom is -0.497 e. The maximum atomic E-state index is 12.3. The average molecular weight is 388 g/mol. The van der Waals surface area contributed by atoms with E-state index in [1.165, 1.54) is 25.7 Å². The molecule has 0 radical (unpaired) electrons. The lowest BCUT2D eigenvalue weighted by atomic mass is 9.75. The van der Waals surface area contributed by atoms with Gasteiger partial charge >= 0.3 is 5.97 Å². The molecule has 1 aromatic carbocycles. The highest BCUT2D eigenvalue weighted by Gasteiger charge is 2.33. The lowest BCUT2D eigenvalue weighted by Gasteiger charge is -2.41. The molecule has 0 spiro atoms. The molecule has 0 unspecified atom stereocenters. The molecule has 1 aromatic rings. The van der Waals surface area contributed by atoms with E-state index in [1.54, 1.807) is 31.4 Å². The Labute approximate surface area is 165 Å². The minimum atomic E-state index is -0.622. The van der Waals surface area contributed by atoms with Crippen LogP contribution in [-0.2, 0) is 14.3 Å². The van der Waals surface area contributed by atoms with E-state index in [4.69, 9.17) is 9.47 Å². The van der Waals surface area contributed by atoms with Gasteiger partial charge in [0.15, 0.2) is 6.61 Å². The fraction of sp³-hybridized carbons (Fsp3) is 0.571. The van der Waals surface area contributed by atoms with Crippen LogP contribution in [0.3, 0.4) is 0 Å². The number of carbonyl (C=O) groups is 3. The number of methoxy groups -OCH3 is 1. The molecule has 1 saturated heterocycles. The van der Waals surface area contributed by atoms with Gasteiger partial charge in [0, 0.05) is 18.7 Å². The molecule has 152 valence electrons. The Kier molecular flexibility index (Phi) is 6.90. The van der Waals surface area contributed by atoms with E-state index in [1.807, 2.05) is 4.90 Å². The first kappa shape index (κ1) is 20.2. The molecule has 2 aliphatic rings. The van der Waals surface area contributed by atoms with Crippen LogP contribution in [-0.4, -0.2) is 56.0 Å². The molecule has 0 bridgehead atoms.